The second-order valence-electron chi connectivity index (χ2n) is 2.65. The van der Waals surface area contributed by atoms with Crippen LogP contribution in [0, 0.1) is 0 Å². The van der Waals surface area contributed by atoms with Gasteiger partial charge in [0.15, 0.2) is 0 Å². The standard InChI is InChI=1S/C8H9F3N2O/c1-14-6-3-2-5(4-13-6)7(12)8(9,10)11/h2-4,7H,12H2,1H3/t7-/m1/s1. The molecule has 0 aliphatic carbocycles. The first kappa shape index (κ1) is 10.8. The summed E-state index contributed by atoms with van der Waals surface area (Å²) in [6.45, 7) is 0. The second kappa shape index (κ2) is 3.83. The van der Waals surface area contributed by atoms with E-state index in [-0.39, 0.29) is 11.4 Å². The summed E-state index contributed by atoms with van der Waals surface area (Å²) >= 11 is 0. The molecule has 6 heteroatoms. The number of hydrogen-bond acceptors (Lipinski definition) is 3. The van der Waals surface area contributed by atoms with Gasteiger partial charge in [-0.25, -0.2) is 4.98 Å². The quantitative estimate of drug-likeness (QED) is 0.800. The van der Waals surface area contributed by atoms with Crippen LogP contribution in [0.15, 0.2) is 18.3 Å². The van der Waals surface area contributed by atoms with Gasteiger partial charge in [0.05, 0.1) is 7.11 Å². The largest absolute Gasteiger partial charge is 0.481 e. The summed E-state index contributed by atoms with van der Waals surface area (Å²) in [6, 6.07) is 0.575. The molecule has 0 aliphatic heterocycles. The molecular weight excluding hydrogens is 197 g/mol. The zero-order valence-corrected chi connectivity index (χ0v) is 7.38. The Bertz CT molecular complexity index is 296. The molecule has 0 aliphatic rings. The lowest BCUT2D eigenvalue weighted by Crippen LogP contribution is -2.28. The number of rotatable bonds is 2. The molecule has 0 radical (unpaired) electrons. The molecule has 1 aromatic heterocycles. The average molecular weight is 206 g/mol. The highest BCUT2D eigenvalue weighted by atomic mass is 19.4. The first-order valence-corrected chi connectivity index (χ1v) is 3.77. The highest BCUT2D eigenvalue weighted by molar-refractivity contribution is 5.21. The van der Waals surface area contributed by atoms with E-state index in [0.29, 0.717) is 0 Å². The summed E-state index contributed by atoms with van der Waals surface area (Å²) in [7, 11) is 1.38. The normalized spacial score (nSPS) is 13.8. The highest BCUT2D eigenvalue weighted by Crippen LogP contribution is 2.30. The van der Waals surface area contributed by atoms with Crippen LogP contribution in [0.1, 0.15) is 11.6 Å². The molecule has 1 atom stereocenters. The fourth-order valence-corrected chi connectivity index (χ4v) is 0.885. The molecule has 78 valence electrons. The maximum Gasteiger partial charge on any atom is 0.407 e. The number of aromatic nitrogens is 1. The van der Waals surface area contributed by atoms with Gasteiger partial charge in [-0.1, -0.05) is 6.07 Å². The van der Waals surface area contributed by atoms with Crippen LogP contribution in [0.2, 0.25) is 0 Å². The molecule has 14 heavy (non-hydrogen) atoms. The minimum atomic E-state index is -4.45. The van der Waals surface area contributed by atoms with E-state index in [0.717, 1.165) is 6.20 Å². The Morgan fingerprint density at radius 3 is 2.43 bits per heavy atom. The van der Waals surface area contributed by atoms with Crippen molar-refractivity contribution >= 4 is 0 Å². The SMILES string of the molecule is COc1ccc([C@@H](N)C(F)(F)F)cn1. The minimum Gasteiger partial charge on any atom is -0.481 e. The van der Waals surface area contributed by atoms with Crippen LogP contribution < -0.4 is 10.5 Å². The summed E-state index contributed by atoms with van der Waals surface area (Å²) in [5.74, 6) is 0.253. The van der Waals surface area contributed by atoms with Crippen molar-refractivity contribution in [2.45, 2.75) is 12.2 Å². The zero-order chi connectivity index (χ0) is 10.8. The number of ether oxygens (including phenoxy) is 1. The van der Waals surface area contributed by atoms with Crippen LogP contribution in [0.5, 0.6) is 5.88 Å². The first-order valence-electron chi connectivity index (χ1n) is 3.77. The Balaban J connectivity index is 2.87. The number of nitrogens with zero attached hydrogens (tertiary/aromatic N) is 1. The third kappa shape index (κ3) is 2.35. The molecule has 1 aromatic rings. The van der Waals surface area contributed by atoms with E-state index in [1.807, 2.05) is 0 Å². The average Bonchev–Trinajstić information content (AvgIpc) is 2.15. The maximum absolute atomic E-state index is 12.1. The molecule has 0 bridgehead atoms. The Labute approximate surface area is 78.7 Å². The van der Waals surface area contributed by atoms with Crippen LogP contribution in [-0.2, 0) is 0 Å². The smallest absolute Gasteiger partial charge is 0.407 e. The lowest BCUT2D eigenvalue weighted by molar-refractivity contribution is -0.149. The van der Waals surface area contributed by atoms with Crippen molar-refractivity contribution < 1.29 is 17.9 Å². The van der Waals surface area contributed by atoms with Crippen molar-refractivity contribution in [3.63, 3.8) is 0 Å². The van der Waals surface area contributed by atoms with Gasteiger partial charge in [0.25, 0.3) is 0 Å². The zero-order valence-electron chi connectivity index (χ0n) is 7.38. The monoisotopic (exact) mass is 206 g/mol. The number of nitrogens with two attached hydrogens (primary N) is 1. The van der Waals surface area contributed by atoms with E-state index >= 15 is 0 Å². The van der Waals surface area contributed by atoms with Crippen molar-refractivity contribution in [3.05, 3.63) is 23.9 Å². The van der Waals surface area contributed by atoms with E-state index in [9.17, 15) is 13.2 Å². The highest BCUT2D eigenvalue weighted by Gasteiger charge is 2.37. The summed E-state index contributed by atoms with van der Waals surface area (Å²) < 4.78 is 41.1. The first-order chi connectivity index (χ1) is 6.45. The van der Waals surface area contributed by atoms with Gasteiger partial charge in [0.2, 0.25) is 5.88 Å². The summed E-state index contributed by atoms with van der Waals surface area (Å²) in [5.41, 5.74) is 4.87. The van der Waals surface area contributed by atoms with E-state index in [1.165, 1.54) is 19.2 Å². The molecule has 2 N–H and O–H groups in total. The Kier molecular flexibility index (Phi) is 2.95. The molecule has 0 aromatic carbocycles. The summed E-state index contributed by atoms with van der Waals surface area (Å²) in [4.78, 5) is 3.63. The van der Waals surface area contributed by atoms with Crippen molar-refractivity contribution in [1.82, 2.24) is 4.98 Å². The predicted octanol–water partition coefficient (Wildman–Crippen LogP) is 1.65. The van der Waals surface area contributed by atoms with E-state index in [2.05, 4.69) is 4.98 Å². The molecular formula is C8H9F3N2O. The van der Waals surface area contributed by atoms with E-state index < -0.39 is 12.2 Å². The molecule has 0 saturated carbocycles. The number of alkyl halides is 3. The van der Waals surface area contributed by atoms with Crippen LogP contribution in [0.4, 0.5) is 13.2 Å². The molecule has 0 amide bonds. The van der Waals surface area contributed by atoms with Crippen LogP contribution in [-0.4, -0.2) is 18.3 Å². The van der Waals surface area contributed by atoms with Gasteiger partial charge >= 0.3 is 6.18 Å². The van der Waals surface area contributed by atoms with Crippen LogP contribution in [0.3, 0.4) is 0 Å². The molecule has 0 unspecified atom stereocenters. The molecule has 3 nitrogen and oxygen atoms in total. The fraction of sp³-hybridized carbons (Fsp3) is 0.375. The minimum absolute atomic E-state index is 0.0849. The lowest BCUT2D eigenvalue weighted by Gasteiger charge is -2.15. The van der Waals surface area contributed by atoms with Gasteiger partial charge in [0, 0.05) is 12.3 Å². The van der Waals surface area contributed by atoms with Crippen molar-refractivity contribution in [1.29, 1.82) is 0 Å². The van der Waals surface area contributed by atoms with Gasteiger partial charge in [-0.3, -0.25) is 0 Å². The number of pyridine rings is 1. The third-order valence-corrected chi connectivity index (χ3v) is 1.68. The fourth-order valence-electron chi connectivity index (χ4n) is 0.885. The lowest BCUT2D eigenvalue weighted by atomic mass is 10.1. The number of methoxy groups -OCH3 is 1. The van der Waals surface area contributed by atoms with E-state index in [4.69, 9.17) is 10.5 Å². The van der Waals surface area contributed by atoms with Crippen molar-refractivity contribution in [2.75, 3.05) is 7.11 Å². The van der Waals surface area contributed by atoms with Gasteiger partial charge in [0.1, 0.15) is 6.04 Å². The van der Waals surface area contributed by atoms with Crippen LogP contribution >= 0.6 is 0 Å². The topological polar surface area (TPSA) is 48.1 Å². The second-order valence-corrected chi connectivity index (χ2v) is 2.65. The molecule has 0 fully saturated rings. The Morgan fingerprint density at radius 1 is 1.43 bits per heavy atom. The van der Waals surface area contributed by atoms with Gasteiger partial charge in [-0.15, -0.1) is 0 Å². The van der Waals surface area contributed by atoms with Crippen molar-refractivity contribution in [2.24, 2.45) is 5.73 Å². The predicted molar refractivity (Wildman–Crippen MR) is 43.8 cm³/mol. The van der Waals surface area contributed by atoms with Gasteiger partial charge in [-0.2, -0.15) is 13.2 Å². The third-order valence-electron chi connectivity index (χ3n) is 1.68. The Hall–Kier alpha value is -1.30. The molecule has 1 rings (SSSR count). The van der Waals surface area contributed by atoms with Crippen molar-refractivity contribution in [3.8, 4) is 5.88 Å². The Morgan fingerprint density at radius 2 is 2.07 bits per heavy atom. The van der Waals surface area contributed by atoms with Gasteiger partial charge in [-0.05, 0) is 5.56 Å². The summed E-state index contributed by atoms with van der Waals surface area (Å²) in [6.07, 6.45) is -3.40. The maximum atomic E-state index is 12.1. The van der Waals surface area contributed by atoms with Gasteiger partial charge < -0.3 is 10.5 Å². The number of hydrogen-bond donors (Lipinski definition) is 1. The number of halogens is 3. The molecule has 0 spiro atoms. The summed E-state index contributed by atoms with van der Waals surface area (Å²) in [5, 5.41) is 0. The van der Waals surface area contributed by atoms with E-state index in [1.54, 1.807) is 0 Å². The molecule has 1 heterocycles. The van der Waals surface area contributed by atoms with Crippen LogP contribution in [0.25, 0.3) is 0 Å². The molecule has 0 saturated heterocycles.